The number of hydrogen-bond acceptors (Lipinski definition) is 6. The second-order valence-corrected chi connectivity index (χ2v) is 4.99. The van der Waals surface area contributed by atoms with Crippen LogP contribution in [0.25, 0.3) is 0 Å². The van der Waals surface area contributed by atoms with Gasteiger partial charge < -0.3 is 14.2 Å². The highest BCUT2D eigenvalue weighted by atomic mass is 32.2. The van der Waals surface area contributed by atoms with Crippen LogP contribution >= 0.6 is 0 Å². The van der Waals surface area contributed by atoms with Gasteiger partial charge in [0.1, 0.15) is 16.4 Å². The zero-order chi connectivity index (χ0) is 14.5. The number of hydrogen-bond donors (Lipinski definition) is 1. The number of methoxy groups -OCH3 is 2. The van der Waals surface area contributed by atoms with Crippen LogP contribution in [-0.4, -0.2) is 35.3 Å². The molecule has 0 unspecified atom stereocenters. The molecule has 0 aliphatic carbocycles. The van der Waals surface area contributed by atoms with Crippen molar-refractivity contribution in [3.05, 3.63) is 18.2 Å². The Balaban J connectivity index is 3.10. The van der Waals surface area contributed by atoms with Crippen molar-refractivity contribution in [1.29, 1.82) is 0 Å². The summed E-state index contributed by atoms with van der Waals surface area (Å²) in [4.78, 5) is 11.0. The largest absolute Gasteiger partial charge is 0.497 e. The first-order valence-corrected chi connectivity index (χ1v) is 6.84. The monoisotopic (exact) mass is 289 g/mol. The molecule has 0 atom stereocenters. The molecular formula is C11H15NO6S. The van der Waals surface area contributed by atoms with Crippen LogP contribution in [0.4, 0.5) is 4.79 Å². The molecule has 0 saturated heterocycles. The van der Waals surface area contributed by atoms with Crippen LogP contribution in [-0.2, 0) is 14.8 Å². The summed E-state index contributed by atoms with van der Waals surface area (Å²) >= 11 is 0. The van der Waals surface area contributed by atoms with E-state index in [0.29, 0.717) is 5.75 Å². The smallest absolute Gasteiger partial charge is 0.421 e. The molecule has 0 aromatic heterocycles. The molecule has 0 spiro atoms. The topological polar surface area (TPSA) is 90.9 Å². The van der Waals surface area contributed by atoms with Crippen LogP contribution in [0.15, 0.2) is 23.1 Å². The predicted octanol–water partition coefficient (Wildman–Crippen LogP) is 1.14. The van der Waals surface area contributed by atoms with E-state index in [1.165, 1.54) is 32.4 Å². The van der Waals surface area contributed by atoms with E-state index in [4.69, 9.17) is 9.47 Å². The molecule has 1 aromatic rings. The lowest BCUT2D eigenvalue weighted by Crippen LogP contribution is -2.31. The molecular weight excluding hydrogens is 274 g/mol. The van der Waals surface area contributed by atoms with Crippen molar-refractivity contribution in [2.45, 2.75) is 11.8 Å². The van der Waals surface area contributed by atoms with E-state index in [0.717, 1.165) is 0 Å². The minimum Gasteiger partial charge on any atom is -0.497 e. The Morgan fingerprint density at radius 1 is 1.26 bits per heavy atom. The van der Waals surface area contributed by atoms with Crippen molar-refractivity contribution in [3.8, 4) is 11.5 Å². The third-order valence-electron chi connectivity index (χ3n) is 2.15. The van der Waals surface area contributed by atoms with Gasteiger partial charge in [-0.2, -0.15) is 0 Å². The lowest BCUT2D eigenvalue weighted by atomic mass is 10.3. The van der Waals surface area contributed by atoms with E-state index in [2.05, 4.69) is 4.74 Å². The number of amides is 1. The molecule has 0 radical (unpaired) electrons. The van der Waals surface area contributed by atoms with Gasteiger partial charge in [0.25, 0.3) is 10.0 Å². The fourth-order valence-electron chi connectivity index (χ4n) is 1.32. The molecule has 1 rings (SSSR count). The van der Waals surface area contributed by atoms with Gasteiger partial charge in [0.15, 0.2) is 0 Å². The number of sulfonamides is 1. The first-order chi connectivity index (χ1) is 8.94. The molecule has 8 heteroatoms. The van der Waals surface area contributed by atoms with Gasteiger partial charge in [-0.1, -0.05) is 0 Å². The summed E-state index contributed by atoms with van der Waals surface area (Å²) in [5.41, 5.74) is 0. The molecule has 0 fully saturated rings. The molecule has 7 nitrogen and oxygen atoms in total. The third kappa shape index (κ3) is 3.75. The van der Waals surface area contributed by atoms with E-state index >= 15 is 0 Å². The molecule has 0 bridgehead atoms. The minimum atomic E-state index is -4.05. The van der Waals surface area contributed by atoms with E-state index in [1.807, 2.05) is 0 Å². The van der Waals surface area contributed by atoms with Gasteiger partial charge in [-0.05, 0) is 19.1 Å². The second-order valence-electron chi connectivity index (χ2n) is 3.34. The van der Waals surface area contributed by atoms with E-state index in [1.54, 1.807) is 11.6 Å². The van der Waals surface area contributed by atoms with Crippen LogP contribution < -0.4 is 14.2 Å². The van der Waals surface area contributed by atoms with Crippen molar-refractivity contribution >= 4 is 16.1 Å². The van der Waals surface area contributed by atoms with Crippen LogP contribution in [0.2, 0.25) is 0 Å². The molecule has 0 heterocycles. The number of nitrogens with one attached hydrogen (secondary N) is 1. The Kier molecular flexibility index (Phi) is 4.99. The van der Waals surface area contributed by atoms with E-state index in [-0.39, 0.29) is 17.3 Å². The van der Waals surface area contributed by atoms with Gasteiger partial charge in [-0.15, -0.1) is 0 Å². The summed E-state index contributed by atoms with van der Waals surface area (Å²) in [6.07, 6.45) is -1.04. The summed E-state index contributed by atoms with van der Waals surface area (Å²) in [6, 6.07) is 4.13. The summed E-state index contributed by atoms with van der Waals surface area (Å²) in [6.45, 7) is 1.64. The maximum absolute atomic E-state index is 12.0. The maximum Gasteiger partial charge on any atom is 0.421 e. The first-order valence-electron chi connectivity index (χ1n) is 5.36. The Morgan fingerprint density at radius 2 is 1.95 bits per heavy atom. The Hall–Kier alpha value is -1.96. The molecule has 1 aromatic carbocycles. The van der Waals surface area contributed by atoms with Crippen LogP contribution in [0.3, 0.4) is 0 Å². The van der Waals surface area contributed by atoms with Crippen molar-refractivity contribution in [3.63, 3.8) is 0 Å². The number of rotatable bonds is 5. The quantitative estimate of drug-likeness (QED) is 0.874. The molecule has 19 heavy (non-hydrogen) atoms. The maximum atomic E-state index is 12.0. The van der Waals surface area contributed by atoms with Gasteiger partial charge in [0.05, 0.1) is 20.8 Å². The van der Waals surface area contributed by atoms with Gasteiger partial charge in [0, 0.05) is 6.07 Å². The molecule has 1 amide bonds. The fraction of sp³-hybridized carbons (Fsp3) is 0.364. The third-order valence-corrected chi connectivity index (χ3v) is 3.51. The van der Waals surface area contributed by atoms with Crippen molar-refractivity contribution in [2.24, 2.45) is 0 Å². The number of benzene rings is 1. The van der Waals surface area contributed by atoms with Crippen LogP contribution in [0.1, 0.15) is 6.92 Å². The zero-order valence-corrected chi connectivity index (χ0v) is 11.6. The highest BCUT2D eigenvalue weighted by molar-refractivity contribution is 7.90. The zero-order valence-electron chi connectivity index (χ0n) is 10.8. The molecule has 0 saturated carbocycles. The Labute approximate surface area is 111 Å². The van der Waals surface area contributed by atoms with Gasteiger partial charge >= 0.3 is 6.09 Å². The van der Waals surface area contributed by atoms with Gasteiger partial charge in [-0.3, -0.25) is 0 Å². The lowest BCUT2D eigenvalue weighted by molar-refractivity contribution is 0.158. The van der Waals surface area contributed by atoms with E-state index in [9.17, 15) is 13.2 Å². The fourth-order valence-corrected chi connectivity index (χ4v) is 2.36. The average molecular weight is 289 g/mol. The summed E-state index contributed by atoms with van der Waals surface area (Å²) < 4.78 is 40.1. The summed E-state index contributed by atoms with van der Waals surface area (Å²) in [7, 11) is -1.29. The van der Waals surface area contributed by atoms with Crippen LogP contribution in [0, 0.1) is 0 Å². The lowest BCUT2D eigenvalue weighted by Gasteiger charge is -2.11. The SMILES string of the molecule is CCOC(=O)NS(=O)(=O)c1ccc(OC)cc1OC. The number of ether oxygens (including phenoxy) is 3. The van der Waals surface area contributed by atoms with Gasteiger partial charge in [0.2, 0.25) is 0 Å². The number of carbonyl (C=O) groups excluding carboxylic acids is 1. The summed E-state index contributed by atoms with van der Waals surface area (Å²) in [5, 5.41) is 0. The molecule has 1 N–H and O–H groups in total. The molecule has 0 aliphatic heterocycles. The Bertz CT molecular complexity index is 554. The Morgan fingerprint density at radius 3 is 2.47 bits per heavy atom. The van der Waals surface area contributed by atoms with Crippen molar-refractivity contribution in [2.75, 3.05) is 20.8 Å². The average Bonchev–Trinajstić information content (AvgIpc) is 2.37. The minimum absolute atomic E-state index is 0.0659. The molecule has 106 valence electrons. The number of carbonyl (C=O) groups is 1. The standard InChI is InChI=1S/C11H15NO6S/c1-4-18-11(13)12-19(14,15)10-6-5-8(16-2)7-9(10)17-3/h5-7H,4H2,1-3H3,(H,12,13). The first kappa shape index (κ1) is 15.1. The predicted molar refractivity (Wildman–Crippen MR) is 66.9 cm³/mol. The van der Waals surface area contributed by atoms with Gasteiger partial charge in [-0.25, -0.2) is 17.9 Å². The van der Waals surface area contributed by atoms with Crippen molar-refractivity contribution in [1.82, 2.24) is 4.72 Å². The molecule has 0 aliphatic rings. The van der Waals surface area contributed by atoms with Crippen molar-refractivity contribution < 1.29 is 27.4 Å². The summed E-state index contributed by atoms with van der Waals surface area (Å²) in [5.74, 6) is 0.503. The normalized spacial score (nSPS) is 10.7. The van der Waals surface area contributed by atoms with E-state index < -0.39 is 16.1 Å². The van der Waals surface area contributed by atoms with Crippen LogP contribution in [0.5, 0.6) is 11.5 Å². The second kappa shape index (κ2) is 6.28. The highest BCUT2D eigenvalue weighted by Crippen LogP contribution is 2.28. The highest BCUT2D eigenvalue weighted by Gasteiger charge is 2.23.